The van der Waals surface area contributed by atoms with Gasteiger partial charge in [-0.1, -0.05) is 12.1 Å². The highest BCUT2D eigenvalue weighted by Gasteiger charge is 2.34. The zero-order chi connectivity index (χ0) is 42.0. The number of urea groups is 1. The molecule has 0 aliphatic carbocycles. The highest BCUT2D eigenvalue weighted by Crippen LogP contribution is 2.32. The van der Waals surface area contributed by atoms with Crippen molar-refractivity contribution >= 4 is 46.7 Å². The van der Waals surface area contributed by atoms with Crippen LogP contribution in [0.15, 0.2) is 72.9 Å². The van der Waals surface area contributed by atoms with Crippen LogP contribution < -0.4 is 24.8 Å². The van der Waals surface area contributed by atoms with Crippen LogP contribution in [0.3, 0.4) is 0 Å². The van der Waals surface area contributed by atoms with Crippen LogP contribution in [-0.4, -0.2) is 114 Å². The molecule has 0 unspecified atom stereocenters. The van der Waals surface area contributed by atoms with Gasteiger partial charge in [0.15, 0.2) is 0 Å². The summed E-state index contributed by atoms with van der Waals surface area (Å²) in [4.78, 5) is 60.8. The second kappa shape index (κ2) is 17.4. The van der Waals surface area contributed by atoms with Crippen molar-refractivity contribution < 1.29 is 23.9 Å². The van der Waals surface area contributed by atoms with Crippen LogP contribution >= 0.6 is 0 Å². The lowest BCUT2D eigenvalue weighted by molar-refractivity contribution is -0.129. The molecule has 0 spiro atoms. The van der Waals surface area contributed by atoms with Crippen LogP contribution in [0.4, 0.5) is 38.3 Å². The molecule has 14 nitrogen and oxygen atoms in total. The summed E-state index contributed by atoms with van der Waals surface area (Å²) in [7, 11) is 1.62. The van der Waals surface area contributed by atoms with Gasteiger partial charge in [-0.3, -0.25) is 19.5 Å². The van der Waals surface area contributed by atoms with Crippen molar-refractivity contribution in [3.63, 3.8) is 0 Å². The van der Waals surface area contributed by atoms with Crippen molar-refractivity contribution in [3.8, 4) is 5.75 Å². The van der Waals surface area contributed by atoms with E-state index < -0.39 is 5.60 Å². The largest absolute Gasteiger partial charge is 0.497 e. The zero-order valence-electron chi connectivity index (χ0n) is 35.5. The van der Waals surface area contributed by atoms with E-state index in [9.17, 15) is 14.4 Å². The number of carbonyl (C=O) groups excluding carboxylic acids is 3. The molecule has 3 aromatic carbocycles. The zero-order valence-corrected chi connectivity index (χ0v) is 35.5. The summed E-state index contributed by atoms with van der Waals surface area (Å²) >= 11 is 0. The van der Waals surface area contributed by atoms with Crippen molar-refractivity contribution in [1.82, 2.24) is 24.7 Å². The number of imide groups is 1. The SMILES string of the molecule is COc1ccc(CN2C(=O)CCN(c3ccc(N4CCC(N5CCN(c6ccc(Nc7ncc8c(n7)CN(C(=O)OC(C)(C)C)CC8)cc6)CC5)CC4)cc3C)C2=O)cc1. The molecule has 3 saturated heterocycles. The molecule has 1 aromatic heterocycles. The lowest BCUT2D eigenvalue weighted by Crippen LogP contribution is -2.53. The minimum absolute atomic E-state index is 0.150. The summed E-state index contributed by atoms with van der Waals surface area (Å²) in [6.07, 6.45) is 4.75. The number of carbonyl (C=O) groups is 3. The van der Waals surface area contributed by atoms with E-state index in [1.807, 2.05) is 57.3 Å². The van der Waals surface area contributed by atoms with Gasteiger partial charge in [0.2, 0.25) is 11.9 Å². The minimum atomic E-state index is -0.542. The molecule has 3 fully saturated rings. The average molecular weight is 816 g/mol. The summed E-state index contributed by atoms with van der Waals surface area (Å²) in [5, 5.41) is 3.35. The number of aromatic nitrogens is 2. The molecule has 4 amide bonds. The van der Waals surface area contributed by atoms with Gasteiger partial charge in [0.25, 0.3) is 0 Å². The molecule has 4 aliphatic heterocycles. The maximum Gasteiger partial charge on any atom is 0.410 e. The number of ether oxygens (including phenoxy) is 2. The highest BCUT2D eigenvalue weighted by molar-refractivity contribution is 6.06. The van der Waals surface area contributed by atoms with Gasteiger partial charge in [-0.15, -0.1) is 0 Å². The van der Waals surface area contributed by atoms with Crippen LogP contribution in [0.25, 0.3) is 0 Å². The quantitative estimate of drug-likeness (QED) is 0.188. The molecule has 5 heterocycles. The Morgan fingerprint density at radius 3 is 2.22 bits per heavy atom. The van der Waals surface area contributed by atoms with Crippen LogP contribution in [0.5, 0.6) is 5.75 Å². The van der Waals surface area contributed by atoms with Crippen LogP contribution in [0.1, 0.15) is 62.4 Å². The first kappa shape index (κ1) is 40.9. The van der Waals surface area contributed by atoms with Crippen molar-refractivity contribution in [1.29, 1.82) is 0 Å². The maximum atomic E-state index is 13.6. The molecule has 316 valence electrons. The Labute approximate surface area is 353 Å². The molecule has 0 saturated carbocycles. The third-order valence-corrected chi connectivity index (χ3v) is 12.0. The molecular weight excluding hydrogens is 759 g/mol. The fourth-order valence-electron chi connectivity index (χ4n) is 8.69. The summed E-state index contributed by atoms with van der Waals surface area (Å²) in [6.45, 7) is 15.3. The smallest absolute Gasteiger partial charge is 0.410 e. The van der Waals surface area contributed by atoms with E-state index in [1.165, 1.54) is 16.3 Å². The molecule has 4 aromatic rings. The molecule has 60 heavy (non-hydrogen) atoms. The van der Waals surface area contributed by atoms with Gasteiger partial charge in [0.05, 0.1) is 25.9 Å². The lowest BCUT2D eigenvalue weighted by Gasteiger charge is -2.44. The Morgan fingerprint density at radius 2 is 1.53 bits per heavy atom. The Bertz CT molecular complexity index is 2180. The molecule has 4 aliphatic rings. The van der Waals surface area contributed by atoms with Crippen molar-refractivity contribution in [3.05, 3.63) is 95.3 Å². The molecule has 1 N–H and O–H groups in total. The molecule has 0 atom stereocenters. The number of piperidine rings is 1. The maximum absolute atomic E-state index is 13.6. The van der Waals surface area contributed by atoms with Gasteiger partial charge in [-0.05, 0) is 118 Å². The van der Waals surface area contributed by atoms with E-state index in [2.05, 4.69) is 68.3 Å². The standard InChI is InChI=1S/C46H57N9O5/c1-32-28-38(12-15-41(32)54-23-19-42(56)55(44(54)57)30-33-6-13-39(59-5)14-7-33)50-21-17-37(18-22-50)52-26-24-51(25-27-52)36-10-8-35(9-11-36)48-43-47-29-34-16-20-53(31-40(34)49-43)45(58)60-46(2,3)4/h6-15,28-29,37H,16-27,30-31H2,1-5H3,(H,47,48,49). The fraction of sp³-hybridized carbons (Fsp3) is 0.457. The van der Waals surface area contributed by atoms with Gasteiger partial charge in [-0.25, -0.2) is 19.6 Å². The lowest BCUT2D eigenvalue weighted by atomic mass is 10.0. The number of anilines is 5. The fourth-order valence-corrected chi connectivity index (χ4v) is 8.69. The van der Waals surface area contributed by atoms with E-state index in [0.29, 0.717) is 44.5 Å². The van der Waals surface area contributed by atoms with Gasteiger partial charge in [0, 0.05) is 93.8 Å². The topological polar surface area (TPSA) is 127 Å². The number of benzene rings is 3. The number of hydrogen-bond acceptors (Lipinski definition) is 11. The number of fused-ring (bicyclic) bond motifs is 1. The van der Waals surface area contributed by atoms with Crippen LogP contribution in [0, 0.1) is 6.92 Å². The third kappa shape index (κ3) is 9.28. The number of rotatable bonds is 9. The molecule has 0 radical (unpaired) electrons. The summed E-state index contributed by atoms with van der Waals surface area (Å²) in [5.74, 6) is 1.10. The average Bonchev–Trinajstić information content (AvgIpc) is 3.25. The first-order chi connectivity index (χ1) is 28.9. The number of nitrogens with zero attached hydrogens (tertiary/aromatic N) is 8. The van der Waals surface area contributed by atoms with Gasteiger partial charge < -0.3 is 29.5 Å². The predicted molar refractivity (Wildman–Crippen MR) is 233 cm³/mol. The number of nitrogens with one attached hydrogen (secondary N) is 1. The number of methoxy groups -OCH3 is 1. The molecule has 14 heteroatoms. The van der Waals surface area contributed by atoms with E-state index >= 15 is 0 Å². The van der Waals surface area contributed by atoms with Crippen molar-refractivity contribution in [2.24, 2.45) is 0 Å². The van der Waals surface area contributed by atoms with E-state index in [-0.39, 0.29) is 24.6 Å². The first-order valence-corrected chi connectivity index (χ1v) is 21.2. The third-order valence-electron chi connectivity index (χ3n) is 12.0. The second-order valence-electron chi connectivity index (χ2n) is 17.2. The number of hydrogen-bond donors (Lipinski definition) is 1. The number of aryl methyl sites for hydroxylation is 1. The van der Waals surface area contributed by atoms with Gasteiger partial charge in [-0.2, -0.15) is 0 Å². The monoisotopic (exact) mass is 815 g/mol. The van der Waals surface area contributed by atoms with Crippen LogP contribution in [0.2, 0.25) is 0 Å². The van der Waals surface area contributed by atoms with E-state index in [0.717, 1.165) is 91.6 Å². The summed E-state index contributed by atoms with van der Waals surface area (Å²) in [5.41, 5.74) is 7.42. The van der Waals surface area contributed by atoms with Crippen molar-refractivity contribution in [2.75, 3.05) is 79.5 Å². The first-order valence-electron chi connectivity index (χ1n) is 21.2. The molecule has 0 bridgehead atoms. The highest BCUT2D eigenvalue weighted by atomic mass is 16.6. The Kier molecular flexibility index (Phi) is 11.8. The predicted octanol–water partition coefficient (Wildman–Crippen LogP) is 6.98. The summed E-state index contributed by atoms with van der Waals surface area (Å²) < 4.78 is 10.8. The normalized spacial score (nSPS) is 18.1. The van der Waals surface area contributed by atoms with Crippen LogP contribution in [-0.2, 0) is 29.0 Å². The van der Waals surface area contributed by atoms with E-state index in [1.54, 1.807) is 16.9 Å². The Morgan fingerprint density at radius 1 is 0.833 bits per heavy atom. The molecule has 8 rings (SSSR count). The molecular formula is C46H57N9O5. The Balaban J connectivity index is 0.799. The van der Waals surface area contributed by atoms with E-state index in [4.69, 9.17) is 14.5 Å². The summed E-state index contributed by atoms with van der Waals surface area (Å²) in [6, 6.07) is 22.6. The van der Waals surface area contributed by atoms with Gasteiger partial charge in [0.1, 0.15) is 11.4 Å². The van der Waals surface area contributed by atoms with Gasteiger partial charge >= 0.3 is 12.1 Å². The number of amides is 4. The second-order valence-corrected chi connectivity index (χ2v) is 17.2. The number of piperazine rings is 1. The van der Waals surface area contributed by atoms with Crippen molar-refractivity contribution in [2.45, 2.75) is 78.1 Å². The minimum Gasteiger partial charge on any atom is -0.497 e. The Hall–Kier alpha value is -5.89.